The second-order valence-corrected chi connectivity index (χ2v) is 4.55. The van der Waals surface area contributed by atoms with E-state index in [0.29, 0.717) is 6.07 Å². The van der Waals surface area contributed by atoms with Gasteiger partial charge in [0, 0.05) is 0 Å². The van der Waals surface area contributed by atoms with Crippen LogP contribution in [0.5, 0.6) is 0 Å². The first-order valence-corrected chi connectivity index (χ1v) is 6.08. The molecule has 0 radical (unpaired) electrons. The zero-order valence-corrected chi connectivity index (χ0v) is 10.9. The van der Waals surface area contributed by atoms with Gasteiger partial charge in [0.05, 0.1) is 5.56 Å². The number of aliphatic hydroxyl groups is 1. The van der Waals surface area contributed by atoms with Gasteiger partial charge in [-0.1, -0.05) is 24.3 Å². The molecule has 0 saturated carbocycles. The van der Waals surface area contributed by atoms with Crippen LogP contribution in [0.15, 0.2) is 42.5 Å². The van der Waals surface area contributed by atoms with Crippen molar-refractivity contribution in [1.29, 1.82) is 0 Å². The first kappa shape index (κ1) is 16.0. The molecule has 2 aromatic rings. The number of rotatable bonds is 3. The van der Waals surface area contributed by atoms with Gasteiger partial charge in [-0.25, -0.2) is 9.18 Å². The third-order valence-electron chi connectivity index (χ3n) is 3.05. The lowest BCUT2D eigenvalue weighted by Gasteiger charge is -2.16. The van der Waals surface area contributed by atoms with Crippen molar-refractivity contribution in [1.82, 2.24) is 0 Å². The largest absolute Gasteiger partial charge is 0.479 e. The molecule has 2 aromatic carbocycles. The fourth-order valence-electron chi connectivity index (χ4n) is 1.99. The van der Waals surface area contributed by atoms with Gasteiger partial charge >= 0.3 is 12.1 Å². The van der Waals surface area contributed by atoms with E-state index >= 15 is 0 Å². The summed E-state index contributed by atoms with van der Waals surface area (Å²) in [6.07, 6.45) is -6.80. The average Bonchev–Trinajstić information content (AvgIpc) is 2.45. The third-order valence-corrected chi connectivity index (χ3v) is 3.05. The van der Waals surface area contributed by atoms with Crippen LogP contribution < -0.4 is 0 Å². The Kier molecular flexibility index (Phi) is 4.18. The summed E-state index contributed by atoms with van der Waals surface area (Å²) in [6.45, 7) is 0. The molecule has 0 heterocycles. The normalized spacial score (nSPS) is 13.0. The Bertz CT molecular complexity index is 693. The lowest BCUT2D eigenvalue weighted by molar-refractivity contribution is -0.147. The van der Waals surface area contributed by atoms with Crippen molar-refractivity contribution in [2.45, 2.75) is 12.3 Å². The molecular formula is C15H10F4O3. The summed E-state index contributed by atoms with van der Waals surface area (Å²) in [5, 5.41) is 18.0. The number of aliphatic carboxylic acids is 1. The smallest absolute Gasteiger partial charge is 0.417 e. The van der Waals surface area contributed by atoms with Crippen molar-refractivity contribution in [3.8, 4) is 11.1 Å². The highest BCUT2D eigenvalue weighted by atomic mass is 19.4. The van der Waals surface area contributed by atoms with Gasteiger partial charge in [-0.05, 0) is 34.9 Å². The minimum atomic E-state index is -4.75. The zero-order chi connectivity index (χ0) is 16.5. The number of hydrogen-bond acceptors (Lipinski definition) is 2. The predicted molar refractivity (Wildman–Crippen MR) is 69.4 cm³/mol. The lowest BCUT2D eigenvalue weighted by atomic mass is 9.95. The van der Waals surface area contributed by atoms with Crippen LogP contribution >= 0.6 is 0 Å². The highest BCUT2D eigenvalue weighted by Gasteiger charge is 2.35. The molecule has 0 aliphatic rings. The zero-order valence-electron chi connectivity index (χ0n) is 10.9. The van der Waals surface area contributed by atoms with E-state index in [2.05, 4.69) is 0 Å². The van der Waals surface area contributed by atoms with E-state index < -0.39 is 29.6 Å². The number of carboxylic acids is 1. The SMILES string of the molecule is O=C(O)C(O)c1ccc(-c2ccc(F)cc2)c(C(F)(F)F)c1. The van der Waals surface area contributed by atoms with Crippen LogP contribution in [0.25, 0.3) is 11.1 Å². The molecule has 1 atom stereocenters. The van der Waals surface area contributed by atoms with Crippen molar-refractivity contribution >= 4 is 5.97 Å². The fourth-order valence-corrected chi connectivity index (χ4v) is 1.99. The van der Waals surface area contributed by atoms with Gasteiger partial charge in [-0.15, -0.1) is 0 Å². The first-order valence-electron chi connectivity index (χ1n) is 6.08. The quantitative estimate of drug-likeness (QED) is 0.851. The molecule has 0 aliphatic carbocycles. The molecule has 3 nitrogen and oxygen atoms in total. The molecule has 0 bridgehead atoms. The van der Waals surface area contributed by atoms with Crippen molar-refractivity contribution in [3.63, 3.8) is 0 Å². The van der Waals surface area contributed by atoms with Gasteiger partial charge in [-0.3, -0.25) is 0 Å². The number of hydrogen-bond donors (Lipinski definition) is 2. The van der Waals surface area contributed by atoms with Crippen molar-refractivity contribution in [3.05, 3.63) is 59.4 Å². The molecule has 116 valence electrons. The van der Waals surface area contributed by atoms with Crippen molar-refractivity contribution in [2.24, 2.45) is 0 Å². The number of carbonyl (C=O) groups is 1. The topological polar surface area (TPSA) is 57.5 Å². The van der Waals surface area contributed by atoms with Gasteiger partial charge in [0.15, 0.2) is 6.10 Å². The second kappa shape index (κ2) is 5.76. The van der Waals surface area contributed by atoms with Gasteiger partial charge < -0.3 is 10.2 Å². The summed E-state index contributed by atoms with van der Waals surface area (Å²) in [5.74, 6) is -2.24. The summed E-state index contributed by atoms with van der Waals surface area (Å²) in [5.41, 5.74) is -1.58. The standard InChI is InChI=1S/C15H10F4O3/c16-10-4-1-8(2-5-10)11-6-3-9(13(20)14(21)22)7-12(11)15(17,18)19/h1-7,13,20H,(H,21,22). The molecule has 0 spiro atoms. The summed E-state index contributed by atoms with van der Waals surface area (Å²) in [4.78, 5) is 10.7. The monoisotopic (exact) mass is 314 g/mol. The number of carboxylic acid groups (broad SMARTS) is 1. The maximum absolute atomic E-state index is 13.2. The molecule has 2 N–H and O–H groups in total. The van der Waals surface area contributed by atoms with Crippen LogP contribution in [0.1, 0.15) is 17.2 Å². The van der Waals surface area contributed by atoms with Crippen LogP contribution in [0, 0.1) is 5.82 Å². The summed E-state index contributed by atoms with van der Waals surface area (Å²) < 4.78 is 52.3. The Morgan fingerprint density at radius 1 is 1.05 bits per heavy atom. The molecule has 7 heteroatoms. The average molecular weight is 314 g/mol. The minimum absolute atomic E-state index is 0.130. The van der Waals surface area contributed by atoms with Crippen molar-refractivity contribution in [2.75, 3.05) is 0 Å². The number of halogens is 4. The third kappa shape index (κ3) is 3.25. The van der Waals surface area contributed by atoms with E-state index in [-0.39, 0.29) is 16.7 Å². The van der Waals surface area contributed by atoms with Crippen LogP contribution in [-0.4, -0.2) is 16.2 Å². The van der Waals surface area contributed by atoms with Crippen LogP contribution in [0.2, 0.25) is 0 Å². The van der Waals surface area contributed by atoms with Gasteiger partial charge in [0.1, 0.15) is 5.82 Å². The predicted octanol–water partition coefficient (Wildman–Crippen LogP) is 3.63. The van der Waals surface area contributed by atoms with E-state index in [1.165, 1.54) is 12.1 Å². The highest BCUT2D eigenvalue weighted by Crippen LogP contribution is 2.38. The fraction of sp³-hybridized carbons (Fsp3) is 0.133. The summed E-state index contributed by atoms with van der Waals surface area (Å²) in [7, 11) is 0. The molecule has 2 rings (SSSR count). The number of benzene rings is 2. The lowest BCUT2D eigenvalue weighted by Crippen LogP contribution is -2.13. The van der Waals surface area contributed by atoms with Gasteiger partial charge in [0.2, 0.25) is 0 Å². The van der Waals surface area contributed by atoms with E-state index in [1.807, 2.05) is 0 Å². The summed E-state index contributed by atoms with van der Waals surface area (Å²) >= 11 is 0. The van der Waals surface area contributed by atoms with Crippen LogP contribution in [-0.2, 0) is 11.0 Å². The Labute approximate surface area is 122 Å². The van der Waals surface area contributed by atoms with E-state index in [9.17, 15) is 27.5 Å². The van der Waals surface area contributed by atoms with Gasteiger partial charge in [-0.2, -0.15) is 13.2 Å². The molecule has 1 unspecified atom stereocenters. The van der Waals surface area contributed by atoms with E-state index in [1.54, 1.807) is 0 Å². The number of aliphatic hydroxyl groups excluding tert-OH is 1. The minimum Gasteiger partial charge on any atom is -0.479 e. The molecule has 0 amide bonds. The molecule has 22 heavy (non-hydrogen) atoms. The molecule has 0 saturated heterocycles. The first-order chi connectivity index (χ1) is 10.2. The highest BCUT2D eigenvalue weighted by molar-refractivity contribution is 5.75. The maximum atomic E-state index is 13.2. The summed E-state index contributed by atoms with van der Waals surface area (Å²) in [6, 6.07) is 7.15. The van der Waals surface area contributed by atoms with E-state index in [0.717, 1.165) is 24.3 Å². The van der Waals surface area contributed by atoms with Gasteiger partial charge in [0.25, 0.3) is 0 Å². The van der Waals surface area contributed by atoms with Crippen LogP contribution in [0.3, 0.4) is 0 Å². The Morgan fingerprint density at radius 2 is 1.64 bits per heavy atom. The van der Waals surface area contributed by atoms with Crippen LogP contribution in [0.4, 0.5) is 17.6 Å². The molecule has 0 aliphatic heterocycles. The maximum Gasteiger partial charge on any atom is 0.417 e. The second-order valence-electron chi connectivity index (χ2n) is 4.55. The number of alkyl halides is 3. The Hall–Kier alpha value is -2.41. The molecule has 0 fully saturated rings. The molecule has 0 aromatic heterocycles. The van der Waals surface area contributed by atoms with Crippen molar-refractivity contribution < 1.29 is 32.6 Å². The molecular weight excluding hydrogens is 304 g/mol. The Balaban J connectivity index is 2.59. The Morgan fingerprint density at radius 3 is 2.14 bits per heavy atom. The van der Waals surface area contributed by atoms with E-state index in [4.69, 9.17) is 5.11 Å².